The molecule has 0 bridgehead atoms. The van der Waals surface area contributed by atoms with E-state index in [9.17, 15) is 4.79 Å². The molecule has 2 saturated heterocycles. The van der Waals surface area contributed by atoms with E-state index in [1.165, 1.54) is 6.42 Å². The van der Waals surface area contributed by atoms with Crippen LogP contribution in [0.3, 0.4) is 0 Å². The highest BCUT2D eigenvalue weighted by Crippen LogP contribution is 2.31. The maximum absolute atomic E-state index is 13.5. The van der Waals surface area contributed by atoms with Gasteiger partial charge in [-0.3, -0.25) is 4.79 Å². The summed E-state index contributed by atoms with van der Waals surface area (Å²) in [4.78, 5) is 17.9. The molecule has 0 spiro atoms. The summed E-state index contributed by atoms with van der Waals surface area (Å²) in [6.45, 7) is 12.3. The van der Waals surface area contributed by atoms with Gasteiger partial charge in [0.25, 0.3) is 5.91 Å². The molecule has 2 fully saturated rings. The summed E-state index contributed by atoms with van der Waals surface area (Å²) in [6.07, 6.45) is 5.23. The minimum absolute atomic E-state index is 0.104. The van der Waals surface area contributed by atoms with Crippen LogP contribution in [0.4, 0.5) is 0 Å². The molecule has 162 valence electrons. The summed E-state index contributed by atoms with van der Waals surface area (Å²) in [6, 6.07) is 8.03. The monoisotopic (exact) mass is 411 g/mol. The number of benzene rings is 1. The first kappa shape index (κ1) is 20.9. The molecule has 0 radical (unpaired) electrons. The van der Waals surface area contributed by atoms with Crippen LogP contribution in [-0.4, -0.2) is 72.3 Å². The van der Waals surface area contributed by atoms with E-state index in [-0.39, 0.29) is 12.0 Å². The number of rotatable bonds is 7. The second kappa shape index (κ2) is 9.67. The summed E-state index contributed by atoms with van der Waals surface area (Å²) in [5.41, 5.74) is 1.76. The van der Waals surface area contributed by atoms with Gasteiger partial charge in [0.15, 0.2) is 0 Å². The number of amides is 1. The zero-order valence-electron chi connectivity index (χ0n) is 18.0. The van der Waals surface area contributed by atoms with Crippen molar-refractivity contribution in [3.63, 3.8) is 0 Å². The largest absolute Gasteiger partial charge is 0.489 e. The highest BCUT2D eigenvalue weighted by Gasteiger charge is 2.27. The van der Waals surface area contributed by atoms with E-state index in [4.69, 9.17) is 9.47 Å². The summed E-state index contributed by atoms with van der Waals surface area (Å²) in [5, 5.41) is 0.978. The molecule has 30 heavy (non-hydrogen) atoms. The van der Waals surface area contributed by atoms with E-state index in [0.717, 1.165) is 74.5 Å². The molecule has 3 heterocycles. The molecule has 0 N–H and O–H groups in total. The SMILES string of the molecule is C=CCOc1cccc2c1cc(C(=O)N1CCN(CC)CC1)n2CC1CCCCO1. The van der Waals surface area contributed by atoms with Crippen LogP contribution in [0.5, 0.6) is 5.75 Å². The summed E-state index contributed by atoms with van der Waals surface area (Å²) >= 11 is 0. The number of nitrogens with zero attached hydrogens (tertiary/aromatic N) is 3. The Bertz CT molecular complexity index is 877. The first-order valence-corrected chi connectivity index (χ1v) is 11.2. The summed E-state index contributed by atoms with van der Waals surface area (Å²) < 4.78 is 14.0. The first-order chi connectivity index (χ1) is 14.7. The molecule has 1 aromatic carbocycles. The lowest BCUT2D eigenvalue weighted by Crippen LogP contribution is -2.48. The van der Waals surface area contributed by atoms with Gasteiger partial charge in [0.2, 0.25) is 0 Å². The van der Waals surface area contributed by atoms with Crippen LogP contribution in [0.15, 0.2) is 36.9 Å². The van der Waals surface area contributed by atoms with Crippen molar-refractivity contribution in [1.29, 1.82) is 0 Å². The number of carbonyl (C=O) groups is 1. The smallest absolute Gasteiger partial charge is 0.270 e. The van der Waals surface area contributed by atoms with Crippen molar-refractivity contribution in [2.75, 3.05) is 45.9 Å². The lowest BCUT2D eigenvalue weighted by Gasteiger charge is -2.34. The third-order valence-corrected chi connectivity index (χ3v) is 6.25. The van der Waals surface area contributed by atoms with E-state index >= 15 is 0 Å². The molecule has 1 aromatic heterocycles. The summed E-state index contributed by atoms with van der Waals surface area (Å²) in [5.74, 6) is 0.896. The van der Waals surface area contributed by atoms with Crippen LogP contribution in [0, 0.1) is 0 Å². The Hall–Kier alpha value is -2.31. The van der Waals surface area contributed by atoms with Crippen LogP contribution >= 0.6 is 0 Å². The van der Waals surface area contributed by atoms with Gasteiger partial charge in [-0.2, -0.15) is 0 Å². The zero-order valence-corrected chi connectivity index (χ0v) is 18.0. The van der Waals surface area contributed by atoms with E-state index < -0.39 is 0 Å². The molecule has 6 nitrogen and oxygen atoms in total. The van der Waals surface area contributed by atoms with Crippen LogP contribution in [-0.2, 0) is 11.3 Å². The molecule has 0 saturated carbocycles. The van der Waals surface area contributed by atoms with Crippen molar-refractivity contribution in [2.24, 2.45) is 0 Å². The van der Waals surface area contributed by atoms with Gasteiger partial charge < -0.3 is 23.8 Å². The van der Waals surface area contributed by atoms with Crippen LogP contribution in [0.2, 0.25) is 0 Å². The number of hydrogen-bond donors (Lipinski definition) is 0. The fourth-order valence-corrected chi connectivity index (χ4v) is 4.49. The predicted octanol–water partition coefficient (Wildman–Crippen LogP) is 3.55. The molecule has 6 heteroatoms. The van der Waals surface area contributed by atoms with Gasteiger partial charge in [-0.25, -0.2) is 0 Å². The van der Waals surface area contributed by atoms with E-state index in [0.29, 0.717) is 13.2 Å². The molecule has 2 aliphatic heterocycles. The minimum Gasteiger partial charge on any atom is -0.489 e. The van der Waals surface area contributed by atoms with E-state index in [2.05, 4.69) is 29.0 Å². The fraction of sp³-hybridized carbons (Fsp3) is 0.542. The minimum atomic E-state index is 0.104. The molecular weight excluding hydrogens is 378 g/mol. The Balaban J connectivity index is 1.67. The van der Waals surface area contributed by atoms with Crippen LogP contribution < -0.4 is 4.74 Å². The second-order valence-electron chi connectivity index (χ2n) is 8.14. The van der Waals surface area contributed by atoms with Gasteiger partial charge in [-0.1, -0.05) is 25.6 Å². The highest BCUT2D eigenvalue weighted by molar-refractivity contribution is 6.00. The Morgan fingerprint density at radius 1 is 1.27 bits per heavy atom. The number of carbonyl (C=O) groups excluding carboxylic acids is 1. The first-order valence-electron chi connectivity index (χ1n) is 11.2. The maximum Gasteiger partial charge on any atom is 0.270 e. The Morgan fingerprint density at radius 3 is 2.80 bits per heavy atom. The second-order valence-corrected chi connectivity index (χ2v) is 8.14. The Kier molecular flexibility index (Phi) is 6.75. The van der Waals surface area contributed by atoms with Gasteiger partial charge in [0.05, 0.1) is 11.6 Å². The lowest BCUT2D eigenvalue weighted by atomic mass is 10.1. The van der Waals surface area contributed by atoms with Crippen molar-refractivity contribution < 1.29 is 14.3 Å². The molecule has 1 unspecified atom stereocenters. The van der Waals surface area contributed by atoms with Gasteiger partial charge in [0.1, 0.15) is 18.1 Å². The maximum atomic E-state index is 13.5. The van der Waals surface area contributed by atoms with Gasteiger partial charge in [0, 0.05) is 44.7 Å². The Labute approximate surface area is 179 Å². The van der Waals surface area contributed by atoms with E-state index in [1.54, 1.807) is 6.08 Å². The quantitative estimate of drug-likeness (QED) is 0.654. The standard InChI is InChI=1S/C24H33N3O3/c1-3-15-30-23-10-7-9-21-20(23)17-22(27(21)18-19-8-5-6-16-29-19)24(28)26-13-11-25(4-2)12-14-26/h3,7,9-10,17,19H,1,4-6,8,11-16,18H2,2H3. The number of fused-ring (bicyclic) bond motifs is 1. The number of piperazine rings is 1. The number of hydrogen-bond acceptors (Lipinski definition) is 4. The van der Waals surface area contributed by atoms with Gasteiger partial charge >= 0.3 is 0 Å². The fourth-order valence-electron chi connectivity index (χ4n) is 4.49. The van der Waals surface area contributed by atoms with Crippen molar-refractivity contribution in [2.45, 2.75) is 38.8 Å². The van der Waals surface area contributed by atoms with Crippen LogP contribution in [0.25, 0.3) is 10.9 Å². The van der Waals surface area contributed by atoms with Crippen molar-refractivity contribution in [1.82, 2.24) is 14.4 Å². The van der Waals surface area contributed by atoms with Crippen molar-refractivity contribution in [3.05, 3.63) is 42.6 Å². The van der Waals surface area contributed by atoms with Gasteiger partial charge in [-0.15, -0.1) is 0 Å². The number of likely N-dealkylation sites (N-methyl/N-ethyl adjacent to an activating group) is 1. The van der Waals surface area contributed by atoms with Gasteiger partial charge in [-0.05, 0) is 44.0 Å². The van der Waals surface area contributed by atoms with Crippen molar-refractivity contribution >= 4 is 16.8 Å². The average Bonchev–Trinajstić information content (AvgIpc) is 3.17. The third-order valence-electron chi connectivity index (χ3n) is 6.25. The molecule has 1 amide bonds. The summed E-state index contributed by atoms with van der Waals surface area (Å²) in [7, 11) is 0. The zero-order chi connectivity index (χ0) is 20.9. The Morgan fingerprint density at radius 2 is 2.10 bits per heavy atom. The molecule has 2 aromatic rings. The molecule has 2 aliphatic rings. The van der Waals surface area contributed by atoms with Crippen molar-refractivity contribution in [3.8, 4) is 5.75 Å². The van der Waals surface area contributed by atoms with E-state index in [1.807, 2.05) is 23.1 Å². The topological polar surface area (TPSA) is 46.9 Å². The number of aromatic nitrogens is 1. The molecule has 0 aliphatic carbocycles. The van der Waals surface area contributed by atoms with Crippen LogP contribution in [0.1, 0.15) is 36.7 Å². The normalized spacial score (nSPS) is 20.4. The molecular formula is C24H33N3O3. The molecule has 1 atom stereocenters. The number of ether oxygens (including phenoxy) is 2. The molecule has 4 rings (SSSR count). The third kappa shape index (κ3) is 4.40. The predicted molar refractivity (Wildman–Crippen MR) is 119 cm³/mol. The average molecular weight is 412 g/mol. The lowest BCUT2D eigenvalue weighted by molar-refractivity contribution is 0.00611. The highest BCUT2D eigenvalue weighted by atomic mass is 16.5.